The summed E-state index contributed by atoms with van der Waals surface area (Å²) < 4.78 is 0. The zero-order valence-corrected chi connectivity index (χ0v) is 11.2. The number of likely N-dealkylation sites (N-methyl/N-ethyl adjacent to an activating group) is 2. The Morgan fingerprint density at radius 2 is 1.73 bits per heavy atom. The predicted octanol–water partition coefficient (Wildman–Crippen LogP) is 1.12. The van der Waals surface area contributed by atoms with Crippen LogP contribution in [0, 0.1) is 5.92 Å². The van der Waals surface area contributed by atoms with Crippen molar-refractivity contribution in [3.8, 4) is 0 Å². The fourth-order valence-electron chi connectivity index (χ4n) is 1.89. The average Bonchev–Trinajstić information content (AvgIpc) is 2.19. The maximum Gasteiger partial charge on any atom is 0.0109 e. The van der Waals surface area contributed by atoms with Gasteiger partial charge in [-0.3, -0.25) is 0 Å². The molecule has 15 heavy (non-hydrogen) atoms. The molecule has 0 bridgehead atoms. The molecule has 0 saturated heterocycles. The van der Waals surface area contributed by atoms with E-state index >= 15 is 0 Å². The first kappa shape index (κ1) is 14.9. The molecule has 0 spiro atoms. The third-order valence-corrected chi connectivity index (χ3v) is 2.87. The van der Waals surface area contributed by atoms with E-state index in [-0.39, 0.29) is 0 Å². The topological polar surface area (TPSA) is 18.5 Å². The van der Waals surface area contributed by atoms with Crippen molar-refractivity contribution in [1.82, 2.24) is 15.1 Å². The standard InChI is InChI=1S/C12H29N3/c1-6-15(7-2)9-8-14(5)11-12(3)10-13-4/h12-13H,6-11H2,1-5H3. The van der Waals surface area contributed by atoms with Gasteiger partial charge in [-0.15, -0.1) is 0 Å². The summed E-state index contributed by atoms with van der Waals surface area (Å²) in [5.74, 6) is 0.733. The van der Waals surface area contributed by atoms with Crippen LogP contribution < -0.4 is 5.32 Å². The van der Waals surface area contributed by atoms with Crippen LogP contribution in [-0.2, 0) is 0 Å². The quantitative estimate of drug-likeness (QED) is 0.622. The molecule has 0 aliphatic carbocycles. The van der Waals surface area contributed by atoms with E-state index < -0.39 is 0 Å². The molecule has 1 N–H and O–H groups in total. The fourth-order valence-corrected chi connectivity index (χ4v) is 1.89. The summed E-state index contributed by atoms with van der Waals surface area (Å²) in [4.78, 5) is 4.90. The number of hydrogen-bond donors (Lipinski definition) is 1. The third kappa shape index (κ3) is 7.77. The van der Waals surface area contributed by atoms with Crippen LogP contribution in [0.25, 0.3) is 0 Å². The lowest BCUT2D eigenvalue weighted by Gasteiger charge is -2.25. The number of rotatable bonds is 9. The molecule has 0 aromatic heterocycles. The van der Waals surface area contributed by atoms with E-state index in [9.17, 15) is 0 Å². The lowest BCUT2D eigenvalue weighted by atomic mass is 10.1. The van der Waals surface area contributed by atoms with Gasteiger partial charge in [0.25, 0.3) is 0 Å². The van der Waals surface area contributed by atoms with E-state index in [2.05, 4.69) is 42.9 Å². The lowest BCUT2D eigenvalue weighted by molar-refractivity contribution is 0.222. The van der Waals surface area contributed by atoms with Gasteiger partial charge < -0.3 is 15.1 Å². The van der Waals surface area contributed by atoms with E-state index in [0.29, 0.717) is 0 Å². The molecule has 0 aliphatic heterocycles. The highest BCUT2D eigenvalue weighted by Crippen LogP contribution is 1.97. The second-order valence-corrected chi connectivity index (χ2v) is 4.45. The van der Waals surface area contributed by atoms with Gasteiger partial charge in [0.2, 0.25) is 0 Å². The molecule has 0 aliphatic rings. The summed E-state index contributed by atoms with van der Waals surface area (Å²) >= 11 is 0. The van der Waals surface area contributed by atoms with Crippen molar-refractivity contribution in [2.24, 2.45) is 5.92 Å². The molecule has 92 valence electrons. The van der Waals surface area contributed by atoms with E-state index in [1.54, 1.807) is 0 Å². The largest absolute Gasteiger partial charge is 0.319 e. The van der Waals surface area contributed by atoms with Gasteiger partial charge in [0.05, 0.1) is 0 Å². The minimum atomic E-state index is 0.733. The molecule has 0 heterocycles. The predicted molar refractivity (Wildman–Crippen MR) is 68.4 cm³/mol. The van der Waals surface area contributed by atoms with Gasteiger partial charge in [-0.1, -0.05) is 20.8 Å². The molecule has 1 atom stereocenters. The summed E-state index contributed by atoms with van der Waals surface area (Å²) in [7, 11) is 4.24. The van der Waals surface area contributed by atoms with Crippen molar-refractivity contribution < 1.29 is 0 Å². The van der Waals surface area contributed by atoms with Gasteiger partial charge in [0.15, 0.2) is 0 Å². The highest BCUT2D eigenvalue weighted by atomic mass is 15.2. The van der Waals surface area contributed by atoms with E-state index in [1.807, 2.05) is 7.05 Å². The van der Waals surface area contributed by atoms with Crippen LogP contribution in [0.2, 0.25) is 0 Å². The van der Waals surface area contributed by atoms with Gasteiger partial charge in [-0.2, -0.15) is 0 Å². The Kier molecular flexibility index (Phi) is 9.06. The molecule has 0 aromatic rings. The SMILES string of the molecule is CCN(CC)CCN(C)CC(C)CNC. The van der Waals surface area contributed by atoms with E-state index in [0.717, 1.165) is 25.6 Å². The second-order valence-electron chi connectivity index (χ2n) is 4.45. The maximum atomic E-state index is 3.22. The van der Waals surface area contributed by atoms with Gasteiger partial charge in [0.1, 0.15) is 0 Å². The lowest BCUT2D eigenvalue weighted by Crippen LogP contribution is -2.36. The van der Waals surface area contributed by atoms with Crippen LogP contribution in [0.15, 0.2) is 0 Å². The highest BCUT2D eigenvalue weighted by molar-refractivity contribution is 4.63. The third-order valence-electron chi connectivity index (χ3n) is 2.87. The fraction of sp³-hybridized carbons (Fsp3) is 1.00. The Bertz CT molecular complexity index is 135. The maximum absolute atomic E-state index is 3.22. The molecule has 0 rings (SSSR count). The molecule has 0 amide bonds. The summed E-state index contributed by atoms with van der Waals surface area (Å²) in [5, 5.41) is 3.22. The number of nitrogens with zero attached hydrogens (tertiary/aromatic N) is 2. The van der Waals surface area contributed by atoms with Gasteiger partial charge in [-0.25, -0.2) is 0 Å². The molecule has 0 fully saturated rings. The number of nitrogens with one attached hydrogen (secondary N) is 1. The Morgan fingerprint density at radius 1 is 1.13 bits per heavy atom. The van der Waals surface area contributed by atoms with Crippen molar-refractivity contribution in [2.75, 3.05) is 53.4 Å². The van der Waals surface area contributed by atoms with Crippen LogP contribution >= 0.6 is 0 Å². The van der Waals surface area contributed by atoms with Crippen LogP contribution in [0.5, 0.6) is 0 Å². The summed E-state index contributed by atoms with van der Waals surface area (Å²) in [5.41, 5.74) is 0. The first-order valence-electron chi connectivity index (χ1n) is 6.19. The second kappa shape index (κ2) is 9.13. The van der Waals surface area contributed by atoms with Gasteiger partial charge in [0, 0.05) is 19.6 Å². The van der Waals surface area contributed by atoms with Gasteiger partial charge >= 0.3 is 0 Å². The van der Waals surface area contributed by atoms with Crippen molar-refractivity contribution in [3.05, 3.63) is 0 Å². The minimum Gasteiger partial charge on any atom is -0.319 e. The molecule has 3 heteroatoms. The molecule has 0 radical (unpaired) electrons. The Morgan fingerprint density at radius 3 is 2.20 bits per heavy atom. The molecular weight excluding hydrogens is 186 g/mol. The first-order chi connectivity index (χ1) is 7.13. The van der Waals surface area contributed by atoms with Crippen LogP contribution in [-0.4, -0.2) is 63.2 Å². The molecule has 0 saturated carbocycles. The summed E-state index contributed by atoms with van der Waals surface area (Å²) in [6, 6.07) is 0. The Hall–Kier alpha value is -0.120. The summed E-state index contributed by atoms with van der Waals surface area (Å²) in [6.45, 7) is 13.7. The molecule has 1 unspecified atom stereocenters. The Labute approximate surface area is 95.8 Å². The normalized spacial score (nSPS) is 13.8. The smallest absolute Gasteiger partial charge is 0.0109 e. The van der Waals surface area contributed by atoms with Crippen LogP contribution in [0.1, 0.15) is 20.8 Å². The van der Waals surface area contributed by atoms with Crippen molar-refractivity contribution >= 4 is 0 Å². The molecule has 0 aromatic carbocycles. The average molecular weight is 215 g/mol. The van der Waals surface area contributed by atoms with Crippen LogP contribution in [0.4, 0.5) is 0 Å². The first-order valence-corrected chi connectivity index (χ1v) is 6.19. The van der Waals surface area contributed by atoms with Crippen molar-refractivity contribution in [1.29, 1.82) is 0 Å². The monoisotopic (exact) mass is 215 g/mol. The van der Waals surface area contributed by atoms with E-state index in [1.165, 1.54) is 19.6 Å². The zero-order chi connectivity index (χ0) is 11.7. The van der Waals surface area contributed by atoms with E-state index in [4.69, 9.17) is 0 Å². The Balaban J connectivity index is 3.59. The summed E-state index contributed by atoms with van der Waals surface area (Å²) in [6.07, 6.45) is 0. The van der Waals surface area contributed by atoms with Crippen molar-refractivity contribution in [3.63, 3.8) is 0 Å². The zero-order valence-electron chi connectivity index (χ0n) is 11.2. The van der Waals surface area contributed by atoms with Crippen molar-refractivity contribution in [2.45, 2.75) is 20.8 Å². The minimum absolute atomic E-state index is 0.733. The van der Waals surface area contributed by atoms with Crippen LogP contribution in [0.3, 0.4) is 0 Å². The number of hydrogen-bond acceptors (Lipinski definition) is 3. The highest BCUT2D eigenvalue weighted by Gasteiger charge is 2.06. The molecular formula is C12H29N3. The van der Waals surface area contributed by atoms with Gasteiger partial charge in [-0.05, 0) is 39.6 Å². The molecule has 3 nitrogen and oxygen atoms in total.